The van der Waals surface area contributed by atoms with Gasteiger partial charge >= 0.3 is 0 Å². The second-order valence-corrected chi connectivity index (χ2v) is 5.18. The minimum absolute atomic E-state index is 0.206. The molecule has 20 heavy (non-hydrogen) atoms. The summed E-state index contributed by atoms with van der Waals surface area (Å²) in [7, 11) is 0. The number of amides is 1. The number of hydrogen-bond donors (Lipinski definition) is 2. The van der Waals surface area contributed by atoms with Crippen LogP contribution in [0.5, 0.6) is 0 Å². The number of benzene rings is 1. The standard InChI is InChI=1S/C13H13F2N3OS/c1-7-8(2)17-18-11(7)16-12(19)9-5-3-4-6-10(9)20-13(14)15/h3-6,13H,1-2H3,(H2,16,17,18,19). The molecule has 0 saturated carbocycles. The van der Waals surface area contributed by atoms with E-state index in [9.17, 15) is 13.6 Å². The van der Waals surface area contributed by atoms with Crippen LogP contribution >= 0.6 is 11.8 Å². The van der Waals surface area contributed by atoms with Crippen LogP contribution in [0.15, 0.2) is 29.2 Å². The lowest BCUT2D eigenvalue weighted by Gasteiger charge is -2.08. The molecule has 0 aliphatic rings. The van der Waals surface area contributed by atoms with Crippen LogP contribution in [0.4, 0.5) is 14.6 Å². The number of H-pyrrole nitrogens is 1. The zero-order valence-corrected chi connectivity index (χ0v) is 11.7. The number of aromatic nitrogens is 2. The fraction of sp³-hybridized carbons (Fsp3) is 0.231. The van der Waals surface area contributed by atoms with Crippen molar-refractivity contribution in [3.05, 3.63) is 41.1 Å². The van der Waals surface area contributed by atoms with Crippen LogP contribution in [0, 0.1) is 13.8 Å². The molecule has 0 unspecified atom stereocenters. The van der Waals surface area contributed by atoms with Gasteiger partial charge in [-0.3, -0.25) is 9.89 Å². The number of aryl methyl sites for hydroxylation is 1. The van der Waals surface area contributed by atoms with Crippen LogP contribution in [-0.4, -0.2) is 21.9 Å². The van der Waals surface area contributed by atoms with Crippen LogP contribution in [-0.2, 0) is 0 Å². The molecule has 106 valence electrons. The smallest absolute Gasteiger partial charge is 0.288 e. The van der Waals surface area contributed by atoms with Crippen LogP contribution < -0.4 is 5.32 Å². The Labute approximate surface area is 119 Å². The molecule has 0 fully saturated rings. The number of carbonyl (C=O) groups excluding carboxylic acids is 1. The number of anilines is 1. The molecule has 0 aliphatic heterocycles. The van der Waals surface area contributed by atoms with Gasteiger partial charge in [0.2, 0.25) is 0 Å². The predicted molar refractivity (Wildman–Crippen MR) is 74.3 cm³/mol. The Morgan fingerprint density at radius 3 is 2.65 bits per heavy atom. The summed E-state index contributed by atoms with van der Waals surface area (Å²) in [6.45, 7) is 3.65. The van der Waals surface area contributed by atoms with Crippen molar-refractivity contribution in [2.75, 3.05) is 5.32 Å². The number of hydrogen-bond acceptors (Lipinski definition) is 3. The molecule has 1 aromatic carbocycles. The SMILES string of the molecule is Cc1[nH]nc(NC(=O)c2ccccc2SC(F)F)c1C. The van der Waals surface area contributed by atoms with Crippen molar-refractivity contribution in [2.24, 2.45) is 0 Å². The molecular formula is C13H13F2N3OS. The van der Waals surface area contributed by atoms with Crippen molar-refractivity contribution in [1.29, 1.82) is 0 Å². The second-order valence-electron chi connectivity index (χ2n) is 4.15. The normalized spacial score (nSPS) is 10.8. The minimum Gasteiger partial charge on any atom is -0.305 e. The van der Waals surface area contributed by atoms with Gasteiger partial charge in [-0.1, -0.05) is 23.9 Å². The summed E-state index contributed by atoms with van der Waals surface area (Å²) in [4.78, 5) is 12.4. The van der Waals surface area contributed by atoms with Crippen molar-refractivity contribution in [2.45, 2.75) is 24.5 Å². The first kappa shape index (κ1) is 14.5. The van der Waals surface area contributed by atoms with Crippen molar-refractivity contribution in [1.82, 2.24) is 10.2 Å². The summed E-state index contributed by atoms with van der Waals surface area (Å²) in [5, 5.41) is 9.33. The number of carbonyl (C=O) groups is 1. The Hall–Kier alpha value is -1.89. The molecule has 0 spiro atoms. The lowest BCUT2D eigenvalue weighted by Crippen LogP contribution is -2.14. The molecule has 7 heteroatoms. The van der Waals surface area contributed by atoms with Crippen LogP contribution in [0.3, 0.4) is 0 Å². The van der Waals surface area contributed by atoms with E-state index >= 15 is 0 Å². The van der Waals surface area contributed by atoms with E-state index in [1.165, 1.54) is 12.1 Å². The molecule has 2 rings (SSSR count). The molecule has 1 aromatic heterocycles. The third-order valence-corrected chi connectivity index (χ3v) is 3.62. The van der Waals surface area contributed by atoms with Gasteiger partial charge in [-0.15, -0.1) is 0 Å². The minimum atomic E-state index is -2.57. The Morgan fingerprint density at radius 1 is 1.35 bits per heavy atom. The Bertz CT molecular complexity index is 628. The average molecular weight is 297 g/mol. The van der Waals surface area contributed by atoms with Crippen LogP contribution in [0.1, 0.15) is 21.6 Å². The van der Waals surface area contributed by atoms with Crippen molar-refractivity contribution < 1.29 is 13.6 Å². The lowest BCUT2D eigenvalue weighted by molar-refractivity contribution is 0.102. The first-order valence-electron chi connectivity index (χ1n) is 5.85. The van der Waals surface area contributed by atoms with Crippen LogP contribution in [0.25, 0.3) is 0 Å². The van der Waals surface area contributed by atoms with E-state index < -0.39 is 11.7 Å². The van der Waals surface area contributed by atoms with Gasteiger partial charge in [0, 0.05) is 16.2 Å². The Kier molecular flexibility index (Phi) is 4.39. The summed E-state index contributed by atoms with van der Waals surface area (Å²) in [6, 6.07) is 6.25. The molecule has 0 radical (unpaired) electrons. The lowest BCUT2D eigenvalue weighted by atomic mass is 10.2. The van der Waals surface area contributed by atoms with Gasteiger partial charge in [0.25, 0.3) is 11.7 Å². The van der Waals surface area contributed by atoms with E-state index in [0.717, 1.165) is 11.3 Å². The van der Waals surface area contributed by atoms with Gasteiger partial charge in [0.15, 0.2) is 5.82 Å². The largest absolute Gasteiger partial charge is 0.305 e. The first-order valence-corrected chi connectivity index (χ1v) is 6.73. The molecule has 0 saturated heterocycles. The molecule has 0 bridgehead atoms. The summed E-state index contributed by atoms with van der Waals surface area (Å²) in [5.41, 5.74) is 1.87. The number of rotatable bonds is 4. The van der Waals surface area contributed by atoms with E-state index in [2.05, 4.69) is 15.5 Å². The van der Waals surface area contributed by atoms with Crippen LogP contribution in [0.2, 0.25) is 0 Å². The van der Waals surface area contributed by atoms with Gasteiger partial charge < -0.3 is 5.32 Å². The number of nitrogens with one attached hydrogen (secondary N) is 2. The van der Waals surface area contributed by atoms with Gasteiger partial charge in [-0.25, -0.2) is 0 Å². The average Bonchev–Trinajstić information content (AvgIpc) is 2.70. The molecule has 0 atom stereocenters. The summed E-state index contributed by atoms with van der Waals surface area (Å²) in [5.74, 6) is -2.62. The van der Waals surface area contributed by atoms with Gasteiger partial charge in [-0.2, -0.15) is 13.9 Å². The number of alkyl halides is 2. The van der Waals surface area contributed by atoms with E-state index in [4.69, 9.17) is 0 Å². The summed E-state index contributed by atoms with van der Waals surface area (Å²) >= 11 is 0.351. The highest BCUT2D eigenvalue weighted by molar-refractivity contribution is 7.99. The molecule has 1 amide bonds. The second kappa shape index (κ2) is 6.04. The summed E-state index contributed by atoms with van der Waals surface area (Å²) in [6.07, 6.45) is 0. The topological polar surface area (TPSA) is 57.8 Å². The maximum atomic E-state index is 12.5. The highest BCUT2D eigenvalue weighted by atomic mass is 32.2. The molecular weight excluding hydrogens is 284 g/mol. The van der Waals surface area contributed by atoms with Crippen molar-refractivity contribution >= 4 is 23.5 Å². The zero-order chi connectivity index (χ0) is 14.7. The molecule has 2 N–H and O–H groups in total. The van der Waals surface area contributed by atoms with Gasteiger partial charge in [-0.05, 0) is 26.0 Å². The molecule has 4 nitrogen and oxygen atoms in total. The molecule has 2 aromatic rings. The Morgan fingerprint density at radius 2 is 2.05 bits per heavy atom. The van der Waals surface area contributed by atoms with Crippen molar-refractivity contribution in [3.63, 3.8) is 0 Å². The molecule has 0 aliphatic carbocycles. The highest BCUT2D eigenvalue weighted by Crippen LogP contribution is 2.29. The number of aromatic amines is 1. The van der Waals surface area contributed by atoms with Gasteiger partial charge in [0.05, 0.1) is 5.56 Å². The van der Waals surface area contributed by atoms with Crippen molar-refractivity contribution in [3.8, 4) is 0 Å². The van der Waals surface area contributed by atoms with E-state index in [0.29, 0.717) is 17.6 Å². The highest BCUT2D eigenvalue weighted by Gasteiger charge is 2.17. The monoisotopic (exact) mass is 297 g/mol. The van der Waals surface area contributed by atoms with E-state index in [1.807, 2.05) is 13.8 Å². The fourth-order valence-corrected chi connectivity index (χ4v) is 2.27. The van der Waals surface area contributed by atoms with E-state index in [1.54, 1.807) is 12.1 Å². The third-order valence-electron chi connectivity index (χ3n) is 2.83. The summed E-state index contributed by atoms with van der Waals surface area (Å²) < 4.78 is 24.9. The number of halogens is 2. The Balaban J connectivity index is 2.23. The quantitative estimate of drug-likeness (QED) is 0.848. The van der Waals surface area contributed by atoms with Gasteiger partial charge in [0.1, 0.15) is 0 Å². The maximum absolute atomic E-state index is 12.5. The predicted octanol–water partition coefficient (Wildman–Crippen LogP) is 3.59. The fourth-order valence-electron chi connectivity index (χ4n) is 1.63. The van der Waals surface area contributed by atoms with E-state index in [-0.39, 0.29) is 10.5 Å². The number of nitrogens with zero attached hydrogens (tertiary/aromatic N) is 1. The zero-order valence-electron chi connectivity index (χ0n) is 10.9. The first-order chi connectivity index (χ1) is 9.49. The third kappa shape index (κ3) is 3.16. The maximum Gasteiger partial charge on any atom is 0.288 e. The number of thioether (sulfide) groups is 1. The molecule has 1 heterocycles.